The molecule has 1 aromatic heterocycles. The third-order valence-corrected chi connectivity index (χ3v) is 4.81. The number of hydrogen-bond donors (Lipinski definition) is 0. The smallest absolute Gasteiger partial charge is 0.307 e. The van der Waals surface area contributed by atoms with Crippen LogP contribution >= 0.6 is 23.4 Å². The molecule has 27 heavy (non-hydrogen) atoms. The molecule has 0 aliphatic heterocycles. The maximum atomic E-state index is 11.9. The lowest BCUT2D eigenvalue weighted by atomic mass is 10.2. The summed E-state index contributed by atoms with van der Waals surface area (Å²) in [7, 11) is 1.59. The van der Waals surface area contributed by atoms with Crippen molar-refractivity contribution >= 4 is 29.3 Å². The van der Waals surface area contributed by atoms with Crippen LogP contribution in [0.5, 0.6) is 5.75 Å². The fourth-order valence-corrected chi connectivity index (χ4v) is 3.15. The molecule has 0 unspecified atom stereocenters. The van der Waals surface area contributed by atoms with Crippen molar-refractivity contribution in [1.82, 2.24) is 10.1 Å². The lowest BCUT2D eigenvalue weighted by Crippen LogP contribution is -2.05. The normalized spacial score (nSPS) is 10.6. The van der Waals surface area contributed by atoms with Crippen molar-refractivity contribution in [3.8, 4) is 17.1 Å². The van der Waals surface area contributed by atoms with Gasteiger partial charge < -0.3 is 14.0 Å². The fourth-order valence-electron chi connectivity index (χ4n) is 2.19. The Bertz CT molecular complexity index is 899. The summed E-state index contributed by atoms with van der Waals surface area (Å²) < 4.78 is 15.5. The Balaban J connectivity index is 1.45. The molecule has 0 N–H and O–H groups in total. The molecule has 6 nitrogen and oxygen atoms in total. The van der Waals surface area contributed by atoms with Crippen LogP contribution in [0.1, 0.15) is 12.3 Å². The summed E-state index contributed by atoms with van der Waals surface area (Å²) in [5.41, 5.74) is 0.759. The van der Waals surface area contributed by atoms with Crippen molar-refractivity contribution in [3.63, 3.8) is 0 Å². The van der Waals surface area contributed by atoms with Gasteiger partial charge in [-0.25, -0.2) is 0 Å². The van der Waals surface area contributed by atoms with Crippen molar-refractivity contribution in [2.45, 2.75) is 17.9 Å². The van der Waals surface area contributed by atoms with Crippen LogP contribution in [-0.2, 0) is 16.1 Å². The summed E-state index contributed by atoms with van der Waals surface area (Å²) in [4.78, 5) is 17.1. The molecule has 0 fully saturated rings. The van der Waals surface area contributed by atoms with Crippen molar-refractivity contribution in [3.05, 3.63) is 59.4 Å². The minimum atomic E-state index is -0.322. The number of benzene rings is 2. The number of methoxy groups -OCH3 is 1. The predicted molar refractivity (Wildman–Crippen MR) is 103 cm³/mol. The van der Waals surface area contributed by atoms with E-state index >= 15 is 0 Å². The molecule has 0 saturated carbocycles. The van der Waals surface area contributed by atoms with E-state index in [0.717, 1.165) is 10.5 Å². The largest absolute Gasteiger partial charge is 0.497 e. The van der Waals surface area contributed by atoms with Gasteiger partial charge in [0.15, 0.2) is 6.61 Å². The minimum Gasteiger partial charge on any atom is -0.497 e. The Labute approximate surface area is 165 Å². The van der Waals surface area contributed by atoms with E-state index in [1.165, 1.54) is 0 Å². The topological polar surface area (TPSA) is 74.5 Å². The molecule has 3 aromatic rings. The molecular weight excluding hydrogens is 388 g/mol. The third kappa shape index (κ3) is 5.74. The van der Waals surface area contributed by atoms with Crippen molar-refractivity contribution < 1.29 is 18.8 Å². The van der Waals surface area contributed by atoms with Crippen LogP contribution < -0.4 is 4.74 Å². The molecule has 8 heteroatoms. The van der Waals surface area contributed by atoms with E-state index in [1.807, 2.05) is 42.5 Å². The van der Waals surface area contributed by atoms with Gasteiger partial charge in [0.25, 0.3) is 5.89 Å². The van der Waals surface area contributed by atoms with E-state index in [9.17, 15) is 4.79 Å². The molecule has 0 aliphatic carbocycles. The summed E-state index contributed by atoms with van der Waals surface area (Å²) in [5.74, 6) is 1.64. The Morgan fingerprint density at radius 3 is 2.81 bits per heavy atom. The summed E-state index contributed by atoms with van der Waals surface area (Å²) in [6.07, 6.45) is 0.282. The number of nitrogens with zero attached hydrogens (tertiary/aromatic N) is 2. The first-order valence-corrected chi connectivity index (χ1v) is 9.51. The van der Waals surface area contributed by atoms with Crippen LogP contribution in [0.4, 0.5) is 0 Å². The first-order chi connectivity index (χ1) is 13.1. The first kappa shape index (κ1) is 19.3. The highest BCUT2D eigenvalue weighted by atomic mass is 35.5. The van der Waals surface area contributed by atoms with Gasteiger partial charge in [-0.1, -0.05) is 28.9 Å². The molecule has 3 rings (SSSR count). The maximum Gasteiger partial charge on any atom is 0.307 e. The number of carbonyl (C=O) groups is 1. The quantitative estimate of drug-likeness (QED) is 0.400. The second kappa shape index (κ2) is 9.43. The zero-order valence-corrected chi connectivity index (χ0v) is 16.1. The van der Waals surface area contributed by atoms with Crippen LogP contribution in [0.2, 0.25) is 5.02 Å². The average molecular weight is 405 g/mol. The molecule has 2 aromatic carbocycles. The summed E-state index contributed by atoms with van der Waals surface area (Å²) in [6.45, 7) is -0.0542. The van der Waals surface area contributed by atoms with Gasteiger partial charge >= 0.3 is 5.97 Å². The van der Waals surface area contributed by atoms with E-state index in [0.29, 0.717) is 22.3 Å². The summed E-state index contributed by atoms with van der Waals surface area (Å²) in [5, 5.41) is 4.59. The van der Waals surface area contributed by atoms with Crippen molar-refractivity contribution in [1.29, 1.82) is 0 Å². The Hall–Kier alpha value is -2.51. The highest BCUT2D eigenvalue weighted by Crippen LogP contribution is 2.22. The molecule has 0 aliphatic rings. The van der Waals surface area contributed by atoms with E-state index in [2.05, 4.69) is 10.1 Å². The second-order valence-corrected chi connectivity index (χ2v) is 7.06. The van der Waals surface area contributed by atoms with Gasteiger partial charge in [-0.05, 0) is 36.4 Å². The number of aromatic nitrogens is 2. The van der Waals surface area contributed by atoms with Gasteiger partial charge in [-0.2, -0.15) is 4.98 Å². The number of esters is 1. The number of thioether (sulfide) groups is 1. The van der Waals surface area contributed by atoms with Gasteiger partial charge in [0.2, 0.25) is 5.82 Å². The fraction of sp³-hybridized carbons (Fsp3) is 0.211. The summed E-state index contributed by atoms with van der Waals surface area (Å²) >= 11 is 7.40. The van der Waals surface area contributed by atoms with Crippen LogP contribution in [0.25, 0.3) is 11.4 Å². The molecular formula is C19H17ClN2O4S. The van der Waals surface area contributed by atoms with Gasteiger partial charge in [0.05, 0.1) is 13.5 Å². The van der Waals surface area contributed by atoms with Gasteiger partial charge in [0.1, 0.15) is 5.75 Å². The Morgan fingerprint density at radius 1 is 1.22 bits per heavy atom. The SMILES string of the molecule is COc1cccc(-c2noc(COC(=O)CCSc3ccc(Cl)cc3)n2)c1. The summed E-state index contributed by atoms with van der Waals surface area (Å²) in [6, 6.07) is 14.8. The predicted octanol–water partition coefficient (Wildman–Crippen LogP) is 4.62. The van der Waals surface area contributed by atoms with Crippen molar-refractivity contribution in [2.75, 3.05) is 12.9 Å². The first-order valence-electron chi connectivity index (χ1n) is 8.15. The lowest BCUT2D eigenvalue weighted by Gasteiger charge is -2.03. The van der Waals surface area contributed by atoms with Crippen LogP contribution in [0.3, 0.4) is 0 Å². The van der Waals surface area contributed by atoms with E-state index < -0.39 is 0 Å². The van der Waals surface area contributed by atoms with E-state index in [4.69, 9.17) is 25.6 Å². The zero-order valence-electron chi connectivity index (χ0n) is 14.6. The van der Waals surface area contributed by atoms with Gasteiger partial charge in [-0.3, -0.25) is 4.79 Å². The Morgan fingerprint density at radius 2 is 2.04 bits per heavy atom. The molecule has 0 spiro atoms. The van der Waals surface area contributed by atoms with Crippen LogP contribution in [0, 0.1) is 0 Å². The van der Waals surface area contributed by atoms with E-state index in [-0.39, 0.29) is 24.9 Å². The lowest BCUT2D eigenvalue weighted by molar-refractivity contribution is -0.145. The van der Waals surface area contributed by atoms with Gasteiger partial charge in [-0.15, -0.1) is 11.8 Å². The molecule has 0 bridgehead atoms. The monoisotopic (exact) mass is 404 g/mol. The molecule has 0 radical (unpaired) electrons. The van der Waals surface area contributed by atoms with Gasteiger partial charge in [0, 0.05) is 21.2 Å². The average Bonchev–Trinajstić information content (AvgIpc) is 3.17. The molecule has 0 saturated heterocycles. The molecule has 1 heterocycles. The number of rotatable bonds is 8. The molecule has 140 valence electrons. The minimum absolute atomic E-state index is 0.0542. The highest BCUT2D eigenvalue weighted by Gasteiger charge is 2.12. The number of ether oxygens (including phenoxy) is 2. The number of carbonyl (C=O) groups excluding carboxylic acids is 1. The standard InChI is InChI=1S/C19H17ClN2O4S/c1-24-15-4-2-3-13(11-15)19-21-17(26-22-19)12-25-18(23)9-10-27-16-7-5-14(20)6-8-16/h2-8,11H,9-10,12H2,1H3. The number of halogens is 1. The maximum absolute atomic E-state index is 11.9. The Kier molecular flexibility index (Phi) is 6.73. The van der Waals surface area contributed by atoms with Crippen molar-refractivity contribution in [2.24, 2.45) is 0 Å². The zero-order chi connectivity index (χ0) is 19.1. The van der Waals surface area contributed by atoms with Crippen LogP contribution in [0.15, 0.2) is 57.9 Å². The number of hydrogen-bond acceptors (Lipinski definition) is 7. The van der Waals surface area contributed by atoms with E-state index in [1.54, 1.807) is 24.9 Å². The highest BCUT2D eigenvalue weighted by molar-refractivity contribution is 7.99. The molecule has 0 atom stereocenters. The third-order valence-electron chi connectivity index (χ3n) is 3.54. The molecule has 0 amide bonds. The second-order valence-electron chi connectivity index (χ2n) is 5.46. The van der Waals surface area contributed by atoms with Crippen LogP contribution in [-0.4, -0.2) is 29.0 Å².